The second kappa shape index (κ2) is 4.80. The molecule has 18 heavy (non-hydrogen) atoms. The molecule has 0 unspecified atom stereocenters. The standard InChI is InChI=1S/C14H16O4/c1-3-17-12(15)10-4-6-11(7-5-10)14(2)8-9-18-13(14)16/h4-7H,3,8-9H2,1-2H3/t14-/m0/s1. The maximum Gasteiger partial charge on any atom is 0.338 e. The van der Waals surface area contributed by atoms with E-state index >= 15 is 0 Å². The van der Waals surface area contributed by atoms with E-state index in [9.17, 15) is 9.59 Å². The summed E-state index contributed by atoms with van der Waals surface area (Å²) in [6, 6.07) is 6.95. The molecule has 1 heterocycles. The van der Waals surface area contributed by atoms with Gasteiger partial charge >= 0.3 is 11.9 Å². The van der Waals surface area contributed by atoms with E-state index in [4.69, 9.17) is 9.47 Å². The van der Waals surface area contributed by atoms with Gasteiger partial charge < -0.3 is 9.47 Å². The Morgan fingerprint density at radius 1 is 1.39 bits per heavy atom. The average Bonchev–Trinajstić information content (AvgIpc) is 2.71. The van der Waals surface area contributed by atoms with Gasteiger partial charge in [0.15, 0.2) is 0 Å². The molecule has 0 N–H and O–H groups in total. The Kier molecular flexibility index (Phi) is 3.36. The molecule has 0 aliphatic carbocycles. The predicted molar refractivity (Wildman–Crippen MR) is 65.3 cm³/mol. The first kappa shape index (κ1) is 12.6. The molecule has 2 rings (SSSR count). The first-order valence-corrected chi connectivity index (χ1v) is 6.03. The highest BCUT2D eigenvalue weighted by Gasteiger charge is 2.41. The van der Waals surface area contributed by atoms with Crippen LogP contribution in [-0.2, 0) is 19.7 Å². The highest BCUT2D eigenvalue weighted by Crippen LogP contribution is 2.33. The van der Waals surface area contributed by atoms with Crippen LogP contribution < -0.4 is 0 Å². The summed E-state index contributed by atoms with van der Waals surface area (Å²) in [6.07, 6.45) is 0.671. The number of cyclic esters (lactones) is 1. The number of benzene rings is 1. The molecule has 96 valence electrons. The zero-order chi connectivity index (χ0) is 13.2. The topological polar surface area (TPSA) is 52.6 Å². The molecule has 1 saturated heterocycles. The van der Waals surface area contributed by atoms with Crippen LogP contribution in [0.15, 0.2) is 24.3 Å². The fraction of sp³-hybridized carbons (Fsp3) is 0.429. The van der Waals surface area contributed by atoms with E-state index in [1.165, 1.54) is 0 Å². The number of carbonyl (C=O) groups excluding carboxylic acids is 2. The van der Waals surface area contributed by atoms with Gasteiger partial charge in [-0.3, -0.25) is 4.79 Å². The van der Waals surface area contributed by atoms with Crippen molar-refractivity contribution in [3.8, 4) is 0 Å². The molecule has 0 amide bonds. The molecule has 1 aromatic carbocycles. The average molecular weight is 248 g/mol. The molecule has 0 radical (unpaired) electrons. The Hall–Kier alpha value is -1.84. The normalized spacial score (nSPS) is 22.7. The van der Waals surface area contributed by atoms with Crippen molar-refractivity contribution in [1.82, 2.24) is 0 Å². The van der Waals surface area contributed by atoms with Crippen LogP contribution in [0.5, 0.6) is 0 Å². The van der Waals surface area contributed by atoms with Crippen molar-refractivity contribution in [1.29, 1.82) is 0 Å². The van der Waals surface area contributed by atoms with Gasteiger partial charge in [-0.05, 0) is 31.5 Å². The van der Waals surface area contributed by atoms with Gasteiger partial charge in [0.25, 0.3) is 0 Å². The van der Waals surface area contributed by atoms with Gasteiger partial charge in [-0.1, -0.05) is 12.1 Å². The zero-order valence-corrected chi connectivity index (χ0v) is 10.6. The summed E-state index contributed by atoms with van der Waals surface area (Å²) >= 11 is 0. The maximum absolute atomic E-state index is 11.7. The van der Waals surface area contributed by atoms with Crippen molar-refractivity contribution in [2.24, 2.45) is 0 Å². The second-order valence-electron chi connectivity index (χ2n) is 4.52. The molecule has 0 aromatic heterocycles. The van der Waals surface area contributed by atoms with E-state index in [1.54, 1.807) is 31.2 Å². The Bertz CT molecular complexity index is 463. The van der Waals surface area contributed by atoms with E-state index < -0.39 is 5.41 Å². The number of carbonyl (C=O) groups is 2. The van der Waals surface area contributed by atoms with Gasteiger partial charge in [0.2, 0.25) is 0 Å². The monoisotopic (exact) mass is 248 g/mol. The molecule has 1 aliphatic rings. The highest BCUT2D eigenvalue weighted by atomic mass is 16.5. The zero-order valence-electron chi connectivity index (χ0n) is 10.6. The summed E-state index contributed by atoms with van der Waals surface area (Å²) < 4.78 is 9.92. The number of ether oxygens (including phenoxy) is 2. The van der Waals surface area contributed by atoms with Crippen LogP contribution in [0.1, 0.15) is 36.2 Å². The molecular formula is C14H16O4. The van der Waals surface area contributed by atoms with Crippen LogP contribution >= 0.6 is 0 Å². The van der Waals surface area contributed by atoms with E-state index in [0.29, 0.717) is 25.2 Å². The quantitative estimate of drug-likeness (QED) is 0.768. The van der Waals surface area contributed by atoms with E-state index in [0.717, 1.165) is 5.56 Å². The second-order valence-corrected chi connectivity index (χ2v) is 4.52. The lowest BCUT2D eigenvalue weighted by Crippen LogP contribution is -2.27. The van der Waals surface area contributed by atoms with E-state index in [2.05, 4.69) is 0 Å². The molecule has 4 heteroatoms. The summed E-state index contributed by atoms with van der Waals surface area (Å²) in [4.78, 5) is 23.2. The number of hydrogen-bond donors (Lipinski definition) is 0. The maximum atomic E-state index is 11.7. The lowest BCUT2D eigenvalue weighted by Gasteiger charge is -2.19. The first-order chi connectivity index (χ1) is 8.58. The minimum absolute atomic E-state index is 0.202. The molecule has 0 spiro atoms. The summed E-state index contributed by atoms with van der Waals surface area (Å²) in [5, 5.41) is 0. The third-order valence-electron chi connectivity index (χ3n) is 3.32. The molecule has 1 aromatic rings. The Labute approximate surface area is 106 Å². The lowest BCUT2D eigenvalue weighted by atomic mass is 9.81. The summed E-state index contributed by atoms with van der Waals surface area (Å²) in [5.74, 6) is -0.547. The lowest BCUT2D eigenvalue weighted by molar-refractivity contribution is -0.142. The largest absolute Gasteiger partial charge is 0.465 e. The van der Waals surface area contributed by atoms with Crippen LogP contribution in [0.3, 0.4) is 0 Å². The minimum atomic E-state index is -0.590. The fourth-order valence-electron chi connectivity index (χ4n) is 2.06. The number of rotatable bonds is 3. The Balaban J connectivity index is 2.22. The van der Waals surface area contributed by atoms with Crippen molar-refractivity contribution < 1.29 is 19.1 Å². The summed E-state index contributed by atoms with van der Waals surface area (Å²) in [7, 11) is 0. The summed E-state index contributed by atoms with van der Waals surface area (Å²) in [5.41, 5.74) is 0.779. The smallest absolute Gasteiger partial charge is 0.338 e. The third-order valence-corrected chi connectivity index (χ3v) is 3.32. The molecule has 0 bridgehead atoms. The van der Waals surface area contributed by atoms with Crippen molar-refractivity contribution in [3.05, 3.63) is 35.4 Å². The number of hydrogen-bond acceptors (Lipinski definition) is 4. The molecule has 4 nitrogen and oxygen atoms in total. The van der Waals surface area contributed by atoms with Crippen LogP contribution in [0.2, 0.25) is 0 Å². The van der Waals surface area contributed by atoms with Crippen molar-refractivity contribution in [3.63, 3.8) is 0 Å². The predicted octanol–water partition coefficient (Wildman–Crippen LogP) is 2.07. The van der Waals surface area contributed by atoms with Crippen molar-refractivity contribution in [2.75, 3.05) is 13.2 Å². The van der Waals surface area contributed by atoms with Gasteiger partial charge in [-0.25, -0.2) is 4.79 Å². The Morgan fingerprint density at radius 2 is 2.06 bits per heavy atom. The SMILES string of the molecule is CCOC(=O)c1ccc([C@]2(C)CCOC2=O)cc1. The van der Waals surface area contributed by atoms with Crippen LogP contribution in [-0.4, -0.2) is 25.2 Å². The van der Waals surface area contributed by atoms with Gasteiger partial charge in [-0.15, -0.1) is 0 Å². The van der Waals surface area contributed by atoms with Crippen LogP contribution in [0.4, 0.5) is 0 Å². The molecular weight excluding hydrogens is 232 g/mol. The van der Waals surface area contributed by atoms with Gasteiger partial charge in [0, 0.05) is 6.42 Å². The summed E-state index contributed by atoms with van der Waals surface area (Å²) in [6.45, 7) is 4.43. The highest BCUT2D eigenvalue weighted by molar-refractivity contribution is 5.90. The van der Waals surface area contributed by atoms with Crippen LogP contribution in [0.25, 0.3) is 0 Å². The van der Waals surface area contributed by atoms with E-state index in [1.807, 2.05) is 6.92 Å². The van der Waals surface area contributed by atoms with Gasteiger partial charge in [0.05, 0.1) is 24.2 Å². The van der Waals surface area contributed by atoms with Crippen LogP contribution in [0, 0.1) is 0 Å². The van der Waals surface area contributed by atoms with Crippen molar-refractivity contribution >= 4 is 11.9 Å². The number of esters is 2. The van der Waals surface area contributed by atoms with Gasteiger partial charge in [-0.2, -0.15) is 0 Å². The first-order valence-electron chi connectivity index (χ1n) is 6.03. The molecule has 0 saturated carbocycles. The minimum Gasteiger partial charge on any atom is -0.465 e. The molecule has 1 atom stereocenters. The molecule has 1 aliphatic heterocycles. The van der Waals surface area contributed by atoms with Gasteiger partial charge in [0.1, 0.15) is 0 Å². The molecule has 1 fully saturated rings. The van der Waals surface area contributed by atoms with E-state index in [-0.39, 0.29) is 11.9 Å². The fourth-order valence-corrected chi connectivity index (χ4v) is 2.06. The Morgan fingerprint density at radius 3 is 2.56 bits per heavy atom. The van der Waals surface area contributed by atoms with Crippen molar-refractivity contribution in [2.45, 2.75) is 25.7 Å². The third kappa shape index (κ3) is 2.10.